The van der Waals surface area contributed by atoms with Gasteiger partial charge in [0.2, 0.25) is 0 Å². The Morgan fingerprint density at radius 3 is 2.27 bits per heavy atom. The summed E-state index contributed by atoms with van der Waals surface area (Å²) in [4.78, 5) is 48.0. The molecule has 0 saturated carbocycles. The second-order valence-corrected chi connectivity index (χ2v) is 7.36. The Labute approximate surface area is 193 Å². The molecular weight excluding hydrogens is 450 g/mol. The van der Waals surface area contributed by atoms with Crippen LogP contribution >= 0.6 is 11.6 Å². The van der Waals surface area contributed by atoms with E-state index in [1.165, 1.54) is 38.3 Å². The van der Waals surface area contributed by atoms with E-state index in [0.717, 1.165) is 6.07 Å². The van der Waals surface area contributed by atoms with Crippen molar-refractivity contribution < 1.29 is 28.8 Å². The third kappa shape index (κ3) is 5.24. The summed E-state index contributed by atoms with van der Waals surface area (Å²) in [6.45, 7) is 1.22. The number of ketones is 2. The van der Waals surface area contributed by atoms with E-state index >= 15 is 0 Å². The zero-order valence-electron chi connectivity index (χ0n) is 17.7. The van der Waals surface area contributed by atoms with Crippen molar-refractivity contribution in [3.05, 3.63) is 104 Å². The molecule has 0 N–H and O–H groups in total. The first-order valence-corrected chi connectivity index (χ1v) is 10.0. The topological polar surface area (TPSA) is 113 Å². The lowest BCUT2D eigenvalue weighted by Crippen LogP contribution is -2.13. The molecule has 9 heteroatoms. The number of nitrogens with zero attached hydrogens (tertiary/aromatic N) is 1. The van der Waals surface area contributed by atoms with E-state index in [9.17, 15) is 24.5 Å². The van der Waals surface area contributed by atoms with Gasteiger partial charge >= 0.3 is 5.97 Å². The van der Waals surface area contributed by atoms with Crippen LogP contribution in [0.3, 0.4) is 0 Å². The number of esters is 1. The summed E-state index contributed by atoms with van der Waals surface area (Å²) in [7, 11) is 1.45. The second kappa shape index (κ2) is 10.1. The minimum atomic E-state index is -0.780. The Hall–Kier alpha value is -4.04. The quantitative estimate of drug-likeness (QED) is 0.197. The number of benzene rings is 3. The number of nitro groups is 1. The predicted octanol–water partition coefficient (Wildman–Crippen LogP) is 5.05. The van der Waals surface area contributed by atoms with E-state index in [1.807, 2.05) is 0 Å². The van der Waals surface area contributed by atoms with Crippen LogP contribution in [-0.2, 0) is 11.3 Å². The lowest BCUT2D eigenvalue weighted by atomic mass is 9.98. The summed E-state index contributed by atoms with van der Waals surface area (Å²) in [6.07, 6.45) is 0. The van der Waals surface area contributed by atoms with E-state index < -0.39 is 22.4 Å². The Balaban J connectivity index is 1.88. The van der Waals surface area contributed by atoms with E-state index in [4.69, 9.17) is 21.1 Å². The van der Waals surface area contributed by atoms with Gasteiger partial charge in [0.25, 0.3) is 5.69 Å². The number of nitro benzene ring substituents is 1. The molecule has 0 atom stereocenters. The molecule has 0 bridgehead atoms. The van der Waals surface area contributed by atoms with Crippen molar-refractivity contribution >= 4 is 34.8 Å². The molecule has 0 aliphatic heterocycles. The molecule has 0 amide bonds. The Morgan fingerprint density at radius 2 is 1.64 bits per heavy atom. The van der Waals surface area contributed by atoms with Gasteiger partial charge in [-0.3, -0.25) is 19.7 Å². The van der Waals surface area contributed by atoms with Crippen LogP contribution < -0.4 is 4.74 Å². The highest BCUT2D eigenvalue weighted by atomic mass is 35.5. The maximum absolute atomic E-state index is 13.0. The van der Waals surface area contributed by atoms with Gasteiger partial charge in [-0.15, -0.1) is 0 Å². The van der Waals surface area contributed by atoms with Crippen LogP contribution in [0.15, 0.2) is 60.7 Å². The van der Waals surface area contributed by atoms with Crippen molar-refractivity contribution in [1.82, 2.24) is 0 Å². The first-order chi connectivity index (χ1) is 15.7. The molecule has 3 rings (SSSR count). The zero-order valence-corrected chi connectivity index (χ0v) is 18.4. The molecule has 3 aromatic carbocycles. The molecule has 0 spiro atoms. The lowest BCUT2D eigenvalue weighted by molar-refractivity contribution is -0.384. The fourth-order valence-corrected chi connectivity index (χ4v) is 3.33. The van der Waals surface area contributed by atoms with Gasteiger partial charge in [-0.05, 0) is 43.3 Å². The summed E-state index contributed by atoms with van der Waals surface area (Å²) < 4.78 is 10.6. The largest absolute Gasteiger partial charge is 0.496 e. The molecule has 8 nitrogen and oxygen atoms in total. The highest BCUT2D eigenvalue weighted by Gasteiger charge is 2.22. The van der Waals surface area contributed by atoms with Gasteiger partial charge in [-0.2, -0.15) is 0 Å². The number of hydrogen-bond donors (Lipinski definition) is 0. The SMILES string of the molecule is COc1ccc(C(C)=O)cc1COC(=O)c1ccccc1C(=O)c1ccc(Cl)c([N+](=O)[O-])c1. The number of methoxy groups -OCH3 is 1. The van der Waals surface area contributed by atoms with Gasteiger partial charge in [0, 0.05) is 28.3 Å². The summed E-state index contributed by atoms with van der Waals surface area (Å²) in [5.74, 6) is -1.10. The highest BCUT2D eigenvalue weighted by Crippen LogP contribution is 2.27. The fourth-order valence-electron chi connectivity index (χ4n) is 3.14. The van der Waals surface area contributed by atoms with Crippen molar-refractivity contribution in [3.63, 3.8) is 0 Å². The van der Waals surface area contributed by atoms with Crippen LogP contribution in [0, 0.1) is 10.1 Å². The standard InChI is InChI=1S/C24H18ClNO7/c1-14(27)15-8-10-22(32-2)17(11-15)13-33-24(29)19-6-4-3-5-18(19)23(28)16-7-9-20(25)21(12-16)26(30)31/h3-12H,13H2,1-2H3. The molecule has 0 saturated heterocycles. The van der Waals surface area contributed by atoms with E-state index in [0.29, 0.717) is 16.9 Å². The molecule has 0 fully saturated rings. The average molecular weight is 468 g/mol. The van der Waals surface area contributed by atoms with Crippen LogP contribution in [0.5, 0.6) is 5.75 Å². The molecular formula is C24H18ClNO7. The highest BCUT2D eigenvalue weighted by molar-refractivity contribution is 6.33. The number of carbonyl (C=O) groups is 3. The monoisotopic (exact) mass is 467 g/mol. The molecule has 168 valence electrons. The predicted molar refractivity (Wildman–Crippen MR) is 120 cm³/mol. The maximum atomic E-state index is 13.0. The van der Waals surface area contributed by atoms with Crippen molar-refractivity contribution in [3.8, 4) is 5.75 Å². The Kier molecular flexibility index (Phi) is 7.20. The summed E-state index contributed by atoms with van der Waals surface area (Å²) in [5.41, 5.74) is 0.505. The fraction of sp³-hybridized carbons (Fsp3) is 0.125. The van der Waals surface area contributed by atoms with Gasteiger partial charge in [-0.25, -0.2) is 4.79 Å². The van der Waals surface area contributed by atoms with Gasteiger partial charge < -0.3 is 9.47 Å². The maximum Gasteiger partial charge on any atom is 0.339 e. The molecule has 3 aromatic rings. The Morgan fingerprint density at radius 1 is 0.970 bits per heavy atom. The second-order valence-electron chi connectivity index (χ2n) is 6.96. The van der Waals surface area contributed by atoms with Crippen LogP contribution in [-0.4, -0.2) is 29.6 Å². The smallest absolute Gasteiger partial charge is 0.339 e. The normalized spacial score (nSPS) is 10.4. The van der Waals surface area contributed by atoms with Gasteiger partial charge in [0.05, 0.1) is 17.6 Å². The van der Waals surface area contributed by atoms with Crippen LogP contribution in [0.25, 0.3) is 0 Å². The van der Waals surface area contributed by atoms with Gasteiger partial charge in [0.15, 0.2) is 11.6 Å². The first-order valence-electron chi connectivity index (χ1n) is 9.65. The van der Waals surface area contributed by atoms with Crippen LogP contribution in [0.4, 0.5) is 5.69 Å². The zero-order chi connectivity index (χ0) is 24.1. The molecule has 0 aliphatic carbocycles. The van der Waals surface area contributed by atoms with Crippen LogP contribution in [0.1, 0.15) is 49.1 Å². The van der Waals surface area contributed by atoms with E-state index in [2.05, 4.69) is 0 Å². The third-order valence-corrected chi connectivity index (χ3v) is 5.16. The molecule has 0 heterocycles. The van der Waals surface area contributed by atoms with Crippen molar-refractivity contribution in [2.45, 2.75) is 13.5 Å². The number of ether oxygens (including phenoxy) is 2. The lowest BCUT2D eigenvalue weighted by Gasteiger charge is -2.12. The van der Waals surface area contributed by atoms with Gasteiger partial charge in [-0.1, -0.05) is 29.8 Å². The number of carbonyl (C=O) groups excluding carboxylic acids is 3. The van der Waals surface area contributed by atoms with Crippen molar-refractivity contribution in [2.75, 3.05) is 7.11 Å². The van der Waals surface area contributed by atoms with Gasteiger partial charge in [0.1, 0.15) is 17.4 Å². The number of halogens is 1. The van der Waals surface area contributed by atoms with Crippen molar-refractivity contribution in [1.29, 1.82) is 0 Å². The summed E-state index contributed by atoms with van der Waals surface area (Å²) in [5, 5.41) is 11.0. The third-order valence-electron chi connectivity index (χ3n) is 4.84. The summed E-state index contributed by atoms with van der Waals surface area (Å²) >= 11 is 5.82. The Bertz CT molecular complexity index is 1270. The average Bonchev–Trinajstić information content (AvgIpc) is 2.81. The summed E-state index contributed by atoms with van der Waals surface area (Å²) in [6, 6.07) is 14.4. The molecule has 33 heavy (non-hydrogen) atoms. The number of rotatable bonds is 8. The van der Waals surface area contributed by atoms with Crippen molar-refractivity contribution in [2.24, 2.45) is 0 Å². The minimum Gasteiger partial charge on any atom is -0.496 e. The van der Waals surface area contributed by atoms with E-state index in [-0.39, 0.29) is 34.1 Å². The first kappa shape index (κ1) is 23.6. The molecule has 0 unspecified atom stereocenters. The molecule has 0 radical (unpaired) electrons. The molecule has 0 aliphatic rings. The number of Topliss-reactive ketones (excluding diaryl/α,β-unsaturated/α-hetero) is 1. The molecule has 0 aromatic heterocycles. The van der Waals surface area contributed by atoms with E-state index in [1.54, 1.807) is 30.3 Å². The minimum absolute atomic E-state index is 0.00202. The van der Waals surface area contributed by atoms with Crippen LogP contribution in [0.2, 0.25) is 5.02 Å². The number of hydrogen-bond acceptors (Lipinski definition) is 7.